The van der Waals surface area contributed by atoms with Crippen molar-refractivity contribution in [2.75, 3.05) is 31.1 Å². The SMILES string of the molecule is O=C1OCCN1c1ccc(O[C@H]2c3cc(Cl)cc(Cl)c3C[C@H]2N2CC[C@@H](O)C2)cc1. The van der Waals surface area contributed by atoms with Gasteiger partial charge in [0.25, 0.3) is 0 Å². The number of rotatable bonds is 4. The van der Waals surface area contributed by atoms with Crippen LogP contribution in [0.1, 0.15) is 23.7 Å². The Labute approximate surface area is 184 Å². The molecule has 1 aliphatic carbocycles. The number of cyclic esters (lactones) is 1. The molecule has 2 heterocycles. The maximum Gasteiger partial charge on any atom is 0.414 e. The Morgan fingerprint density at radius 1 is 1.13 bits per heavy atom. The number of halogens is 2. The van der Waals surface area contributed by atoms with Crippen molar-refractivity contribution < 1.29 is 19.4 Å². The summed E-state index contributed by atoms with van der Waals surface area (Å²) in [5.74, 6) is 0.699. The Hall–Kier alpha value is -1.99. The Bertz CT molecular complexity index is 968. The molecule has 3 atom stereocenters. The highest BCUT2D eigenvalue weighted by Gasteiger charge is 2.41. The fourth-order valence-corrected chi connectivity index (χ4v) is 5.21. The van der Waals surface area contributed by atoms with E-state index in [9.17, 15) is 9.90 Å². The van der Waals surface area contributed by atoms with Gasteiger partial charge in [0.05, 0.1) is 18.7 Å². The average molecular weight is 449 g/mol. The molecule has 0 saturated carbocycles. The van der Waals surface area contributed by atoms with Crippen molar-refractivity contribution in [1.82, 2.24) is 4.90 Å². The van der Waals surface area contributed by atoms with Crippen LogP contribution in [-0.2, 0) is 11.2 Å². The first kappa shape index (κ1) is 19.9. The van der Waals surface area contributed by atoms with Gasteiger partial charge in [-0.2, -0.15) is 0 Å². The number of hydrogen-bond acceptors (Lipinski definition) is 5. The molecule has 30 heavy (non-hydrogen) atoms. The Balaban J connectivity index is 1.42. The first-order valence-electron chi connectivity index (χ1n) is 10.1. The van der Waals surface area contributed by atoms with Gasteiger partial charge in [-0.3, -0.25) is 9.80 Å². The molecule has 2 saturated heterocycles. The van der Waals surface area contributed by atoms with Gasteiger partial charge in [-0.25, -0.2) is 4.79 Å². The van der Waals surface area contributed by atoms with E-state index < -0.39 is 0 Å². The van der Waals surface area contributed by atoms with Crippen LogP contribution in [0.5, 0.6) is 5.75 Å². The largest absolute Gasteiger partial charge is 0.484 e. The minimum Gasteiger partial charge on any atom is -0.484 e. The minimum atomic E-state index is -0.328. The second-order valence-corrected chi connectivity index (χ2v) is 8.81. The fraction of sp³-hybridized carbons (Fsp3) is 0.409. The summed E-state index contributed by atoms with van der Waals surface area (Å²) in [5.41, 5.74) is 2.82. The molecule has 0 bridgehead atoms. The van der Waals surface area contributed by atoms with E-state index in [-0.39, 0.29) is 24.3 Å². The lowest BCUT2D eigenvalue weighted by molar-refractivity contribution is 0.0818. The van der Waals surface area contributed by atoms with Gasteiger partial charge >= 0.3 is 6.09 Å². The van der Waals surface area contributed by atoms with Crippen molar-refractivity contribution in [2.45, 2.75) is 31.1 Å². The van der Waals surface area contributed by atoms with Crippen LogP contribution in [0.2, 0.25) is 10.0 Å². The molecule has 5 rings (SSSR count). The van der Waals surface area contributed by atoms with Gasteiger partial charge in [-0.1, -0.05) is 23.2 Å². The van der Waals surface area contributed by atoms with Crippen molar-refractivity contribution in [2.24, 2.45) is 0 Å². The molecule has 1 amide bonds. The van der Waals surface area contributed by atoms with Crippen LogP contribution in [-0.4, -0.2) is 54.5 Å². The first-order valence-corrected chi connectivity index (χ1v) is 10.9. The van der Waals surface area contributed by atoms with Crippen molar-refractivity contribution in [3.8, 4) is 5.75 Å². The summed E-state index contributed by atoms with van der Waals surface area (Å²) >= 11 is 12.8. The summed E-state index contributed by atoms with van der Waals surface area (Å²) < 4.78 is 11.4. The molecule has 6 nitrogen and oxygen atoms in total. The number of likely N-dealkylation sites (tertiary alicyclic amines) is 1. The molecule has 0 unspecified atom stereocenters. The summed E-state index contributed by atoms with van der Waals surface area (Å²) in [6.07, 6.45) is 0.622. The lowest BCUT2D eigenvalue weighted by Gasteiger charge is -2.30. The third-order valence-corrected chi connectivity index (χ3v) is 6.66. The van der Waals surface area contributed by atoms with E-state index in [2.05, 4.69) is 4.90 Å². The zero-order valence-electron chi connectivity index (χ0n) is 16.3. The van der Waals surface area contributed by atoms with Crippen LogP contribution in [0.4, 0.5) is 10.5 Å². The van der Waals surface area contributed by atoms with Crippen molar-refractivity contribution in [3.05, 3.63) is 57.6 Å². The molecule has 158 valence electrons. The third kappa shape index (κ3) is 3.62. The number of aliphatic hydroxyl groups is 1. The highest BCUT2D eigenvalue weighted by molar-refractivity contribution is 6.35. The van der Waals surface area contributed by atoms with E-state index >= 15 is 0 Å². The second kappa shape index (κ2) is 7.93. The molecule has 8 heteroatoms. The van der Waals surface area contributed by atoms with Gasteiger partial charge in [0, 0.05) is 34.4 Å². The highest BCUT2D eigenvalue weighted by Crippen LogP contribution is 2.43. The molecular weight excluding hydrogens is 427 g/mol. The molecular formula is C22H22Cl2N2O4. The lowest BCUT2D eigenvalue weighted by Crippen LogP contribution is -2.39. The number of fused-ring (bicyclic) bond motifs is 1. The molecule has 2 aromatic rings. The predicted molar refractivity (Wildman–Crippen MR) is 115 cm³/mol. The number of aliphatic hydroxyl groups excluding tert-OH is 1. The summed E-state index contributed by atoms with van der Waals surface area (Å²) in [7, 11) is 0. The van der Waals surface area contributed by atoms with E-state index in [1.807, 2.05) is 30.3 Å². The van der Waals surface area contributed by atoms with E-state index in [0.29, 0.717) is 35.5 Å². The van der Waals surface area contributed by atoms with Crippen LogP contribution in [0.3, 0.4) is 0 Å². The standard InChI is InChI=1S/C22H22Cl2N2O4/c23-13-9-18-17(19(24)10-13)11-20(25-6-5-15(27)12-25)21(18)30-16-3-1-14(2-4-16)26-7-8-29-22(26)28/h1-4,9-10,15,20-21,27H,5-8,11-12H2/t15-,20-,21+/m1/s1. The molecule has 2 aromatic carbocycles. The Kier molecular flexibility index (Phi) is 5.27. The van der Waals surface area contributed by atoms with Gasteiger partial charge in [-0.15, -0.1) is 0 Å². The van der Waals surface area contributed by atoms with E-state index in [1.165, 1.54) is 0 Å². The smallest absolute Gasteiger partial charge is 0.414 e. The number of ether oxygens (including phenoxy) is 2. The van der Waals surface area contributed by atoms with Crippen molar-refractivity contribution >= 4 is 35.0 Å². The number of benzene rings is 2. The number of hydrogen-bond donors (Lipinski definition) is 1. The van der Waals surface area contributed by atoms with Gasteiger partial charge < -0.3 is 14.6 Å². The summed E-state index contributed by atoms with van der Waals surface area (Å²) in [4.78, 5) is 15.6. The van der Waals surface area contributed by atoms with Gasteiger partial charge in [-0.05, 0) is 54.8 Å². The molecule has 1 N–H and O–H groups in total. The molecule has 0 radical (unpaired) electrons. The normalized spacial score (nSPS) is 26.2. The maximum absolute atomic E-state index is 11.8. The van der Waals surface area contributed by atoms with Crippen LogP contribution in [0.25, 0.3) is 0 Å². The van der Waals surface area contributed by atoms with Crippen LogP contribution in [0, 0.1) is 0 Å². The third-order valence-electron chi connectivity index (χ3n) is 6.10. The number of anilines is 1. The Morgan fingerprint density at radius 3 is 2.60 bits per heavy atom. The topological polar surface area (TPSA) is 62.2 Å². The molecule has 3 aliphatic rings. The van der Waals surface area contributed by atoms with Crippen LogP contribution >= 0.6 is 23.2 Å². The number of β-amino-alcohol motifs (C(OH)–C–C–N with tert-alkyl or cyclic N) is 1. The highest BCUT2D eigenvalue weighted by atomic mass is 35.5. The quantitative estimate of drug-likeness (QED) is 0.763. The molecule has 2 fully saturated rings. The first-order chi connectivity index (χ1) is 14.5. The van der Waals surface area contributed by atoms with E-state index in [0.717, 1.165) is 36.2 Å². The number of carbonyl (C=O) groups excluding carboxylic acids is 1. The fourth-order valence-electron chi connectivity index (χ4n) is 4.63. The average Bonchev–Trinajstić information content (AvgIpc) is 3.42. The zero-order chi connectivity index (χ0) is 20.8. The lowest BCUT2D eigenvalue weighted by atomic mass is 10.1. The van der Waals surface area contributed by atoms with E-state index in [1.54, 1.807) is 11.0 Å². The predicted octanol–water partition coefficient (Wildman–Crippen LogP) is 4.06. The monoisotopic (exact) mass is 448 g/mol. The molecule has 2 aliphatic heterocycles. The number of nitrogens with zero attached hydrogens (tertiary/aromatic N) is 2. The number of amides is 1. The summed E-state index contributed by atoms with van der Waals surface area (Å²) in [5, 5.41) is 11.3. The maximum atomic E-state index is 11.8. The molecule has 0 spiro atoms. The van der Waals surface area contributed by atoms with Crippen LogP contribution in [0.15, 0.2) is 36.4 Å². The Morgan fingerprint density at radius 2 is 1.93 bits per heavy atom. The molecule has 0 aromatic heterocycles. The van der Waals surface area contributed by atoms with Gasteiger partial charge in [0.15, 0.2) is 0 Å². The van der Waals surface area contributed by atoms with Gasteiger partial charge in [0.1, 0.15) is 18.5 Å². The minimum absolute atomic E-state index is 0.0707. The van der Waals surface area contributed by atoms with Crippen molar-refractivity contribution in [3.63, 3.8) is 0 Å². The number of carbonyl (C=O) groups is 1. The van der Waals surface area contributed by atoms with E-state index in [4.69, 9.17) is 32.7 Å². The second-order valence-electron chi connectivity index (χ2n) is 7.96. The zero-order valence-corrected chi connectivity index (χ0v) is 17.8. The van der Waals surface area contributed by atoms with Crippen molar-refractivity contribution in [1.29, 1.82) is 0 Å². The summed E-state index contributed by atoms with van der Waals surface area (Å²) in [6.45, 7) is 2.40. The van der Waals surface area contributed by atoms with Crippen LogP contribution < -0.4 is 9.64 Å². The van der Waals surface area contributed by atoms with Gasteiger partial charge in [0.2, 0.25) is 0 Å². The summed E-state index contributed by atoms with van der Waals surface area (Å²) in [6, 6.07) is 11.2.